The highest BCUT2D eigenvalue weighted by atomic mass is 32.2. The van der Waals surface area contributed by atoms with Crippen LogP contribution in [0.1, 0.15) is 32.3 Å². The Balaban J connectivity index is 1.93. The predicted octanol–water partition coefficient (Wildman–Crippen LogP) is 5.02. The summed E-state index contributed by atoms with van der Waals surface area (Å²) >= 11 is 2.75. The zero-order chi connectivity index (χ0) is 21.7. The average molecular weight is 442 g/mol. The van der Waals surface area contributed by atoms with E-state index in [4.69, 9.17) is 4.98 Å². The summed E-state index contributed by atoms with van der Waals surface area (Å²) in [7, 11) is 0. The molecule has 0 aliphatic heterocycles. The Morgan fingerprint density at radius 1 is 1.37 bits per heavy atom. The number of hydrogen-bond donors (Lipinski definition) is 1. The number of fused-ring (bicyclic) bond motifs is 1. The van der Waals surface area contributed by atoms with Crippen molar-refractivity contribution in [3.63, 3.8) is 0 Å². The van der Waals surface area contributed by atoms with Gasteiger partial charge >= 0.3 is 0 Å². The first-order valence-corrected chi connectivity index (χ1v) is 11.9. The summed E-state index contributed by atoms with van der Waals surface area (Å²) in [4.78, 5) is 31.0. The summed E-state index contributed by atoms with van der Waals surface area (Å²) in [5, 5.41) is 6.14. The summed E-state index contributed by atoms with van der Waals surface area (Å²) in [6.07, 6.45) is 3.65. The zero-order valence-corrected chi connectivity index (χ0v) is 19.2. The Bertz CT molecular complexity index is 1100. The van der Waals surface area contributed by atoms with Crippen molar-refractivity contribution in [2.24, 2.45) is 0 Å². The third-order valence-corrected chi connectivity index (χ3v) is 6.64. The van der Waals surface area contributed by atoms with Crippen LogP contribution >= 0.6 is 23.1 Å². The smallest absolute Gasteiger partial charge is 0.263 e. The number of aromatic nitrogens is 2. The SMILES string of the molecule is C=CCn1c(SCC(=O)NC(C)CCC)nc2scc(-c3ccc(C)cc3)c2c1=O. The number of benzene rings is 1. The quantitative estimate of drug-likeness (QED) is 0.288. The van der Waals surface area contributed by atoms with E-state index in [0.29, 0.717) is 21.9 Å². The molecular formula is C23H27N3O2S2. The van der Waals surface area contributed by atoms with Gasteiger partial charge in [0.15, 0.2) is 5.16 Å². The first-order chi connectivity index (χ1) is 14.4. The number of amides is 1. The van der Waals surface area contributed by atoms with Crippen LogP contribution in [0.25, 0.3) is 21.3 Å². The molecule has 3 rings (SSSR count). The van der Waals surface area contributed by atoms with E-state index in [0.717, 1.165) is 24.0 Å². The Morgan fingerprint density at radius 3 is 2.77 bits per heavy atom. The number of nitrogens with one attached hydrogen (secondary N) is 1. The highest BCUT2D eigenvalue weighted by molar-refractivity contribution is 7.99. The van der Waals surface area contributed by atoms with Gasteiger partial charge in [-0.2, -0.15) is 0 Å². The van der Waals surface area contributed by atoms with Gasteiger partial charge in [-0.3, -0.25) is 14.2 Å². The highest BCUT2D eigenvalue weighted by Gasteiger charge is 2.18. The molecule has 0 aliphatic rings. The zero-order valence-electron chi connectivity index (χ0n) is 17.6. The molecule has 7 heteroatoms. The van der Waals surface area contributed by atoms with Crippen molar-refractivity contribution in [3.05, 3.63) is 58.2 Å². The normalized spacial score (nSPS) is 12.1. The van der Waals surface area contributed by atoms with Gasteiger partial charge in [-0.1, -0.05) is 61.0 Å². The lowest BCUT2D eigenvalue weighted by Gasteiger charge is -2.14. The molecule has 0 fully saturated rings. The average Bonchev–Trinajstić information content (AvgIpc) is 3.13. The summed E-state index contributed by atoms with van der Waals surface area (Å²) in [6.45, 7) is 10.3. The number of carbonyl (C=O) groups is 1. The van der Waals surface area contributed by atoms with E-state index in [-0.39, 0.29) is 23.3 Å². The molecule has 0 saturated carbocycles. The molecule has 1 unspecified atom stereocenters. The van der Waals surface area contributed by atoms with Gasteiger partial charge in [-0.05, 0) is 25.8 Å². The van der Waals surface area contributed by atoms with E-state index in [9.17, 15) is 9.59 Å². The molecule has 158 valence electrons. The lowest BCUT2D eigenvalue weighted by atomic mass is 10.1. The number of rotatable bonds is 9. The monoisotopic (exact) mass is 441 g/mol. The third-order valence-electron chi connectivity index (χ3n) is 4.79. The minimum Gasteiger partial charge on any atom is -0.353 e. The van der Waals surface area contributed by atoms with Crippen LogP contribution in [0.3, 0.4) is 0 Å². The maximum absolute atomic E-state index is 13.3. The summed E-state index contributed by atoms with van der Waals surface area (Å²) in [5.41, 5.74) is 2.97. The molecule has 1 N–H and O–H groups in total. The van der Waals surface area contributed by atoms with Crippen LogP contribution in [0.15, 0.2) is 52.3 Å². The van der Waals surface area contributed by atoms with Crippen molar-refractivity contribution >= 4 is 39.2 Å². The van der Waals surface area contributed by atoms with Gasteiger partial charge in [-0.15, -0.1) is 17.9 Å². The van der Waals surface area contributed by atoms with Crippen molar-refractivity contribution in [1.82, 2.24) is 14.9 Å². The standard InChI is InChI=1S/C23H27N3O2S2/c1-5-7-16(4)24-19(27)14-30-23-25-21-20(22(28)26(23)12-6-2)18(13-29-21)17-10-8-15(3)9-11-17/h6,8-11,13,16H,2,5,7,12,14H2,1,3-4H3,(H,24,27). The van der Waals surface area contributed by atoms with Gasteiger partial charge < -0.3 is 5.32 Å². The molecule has 5 nitrogen and oxygen atoms in total. The number of aryl methyl sites for hydroxylation is 1. The molecule has 0 aliphatic carbocycles. The van der Waals surface area contributed by atoms with Crippen molar-refractivity contribution in [2.45, 2.75) is 51.4 Å². The molecule has 0 radical (unpaired) electrons. The van der Waals surface area contributed by atoms with Crippen LogP contribution < -0.4 is 10.9 Å². The topological polar surface area (TPSA) is 64.0 Å². The largest absolute Gasteiger partial charge is 0.353 e. The second-order valence-electron chi connectivity index (χ2n) is 7.34. The summed E-state index contributed by atoms with van der Waals surface area (Å²) in [5.74, 6) is 0.172. The molecule has 2 heterocycles. The number of hydrogen-bond acceptors (Lipinski definition) is 5. The van der Waals surface area contributed by atoms with Crippen molar-refractivity contribution < 1.29 is 4.79 Å². The van der Waals surface area contributed by atoms with Crippen LogP contribution in [0.2, 0.25) is 0 Å². The van der Waals surface area contributed by atoms with Gasteiger partial charge in [0.05, 0.1) is 11.1 Å². The minimum absolute atomic E-state index is 0.0491. The first-order valence-electron chi connectivity index (χ1n) is 10.1. The minimum atomic E-state index is -0.0982. The second kappa shape index (κ2) is 10.1. The van der Waals surface area contributed by atoms with Crippen molar-refractivity contribution in [1.29, 1.82) is 0 Å². The molecule has 3 aromatic rings. The second-order valence-corrected chi connectivity index (χ2v) is 9.14. The van der Waals surface area contributed by atoms with Crippen LogP contribution in [0.4, 0.5) is 0 Å². The maximum atomic E-state index is 13.3. The van der Waals surface area contributed by atoms with E-state index in [1.165, 1.54) is 28.7 Å². The van der Waals surface area contributed by atoms with E-state index in [1.54, 1.807) is 10.6 Å². The summed E-state index contributed by atoms with van der Waals surface area (Å²) in [6, 6.07) is 8.27. The molecule has 0 bridgehead atoms. The lowest BCUT2D eigenvalue weighted by Crippen LogP contribution is -2.34. The highest BCUT2D eigenvalue weighted by Crippen LogP contribution is 2.32. The third kappa shape index (κ3) is 5.02. The molecule has 0 saturated heterocycles. The number of thiophene rings is 1. The van der Waals surface area contributed by atoms with Crippen LogP contribution in [0, 0.1) is 6.92 Å². The molecule has 1 amide bonds. The molecule has 1 aromatic carbocycles. The number of carbonyl (C=O) groups excluding carboxylic acids is 1. The maximum Gasteiger partial charge on any atom is 0.263 e. The van der Waals surface area contributed by atoms with Gasteiger partial charge in [0, 0.05) is 23.5 Å². The van der Waals surface area contributed by atoms with Crippen LogP contribution in [0.5, 0.6) is 0 Å². The van der Waals surface area contributed by atoms with E-state index >= 15 is 0 Å². The van der Waals surface area contributed by atoms with Gasteiger partial charge in [0.25, 0.3) is 5.56 Å². The Kier molecular flexibility index (Phi) is 7.50. The fourth-order valence-corrected chi connectivity index (χ4v) is 5.11. The van der Waals surface area contributed by atoms with Crippen molar-refractivity contribution in [2.75, 3.05) is 5.75 Å². The first kappa shape index (κ1) is 22.3. The van der Waals surface area contributed by atoms with Crippen molar-refractivity contribution in [3.8, 4) is 11.1 Å². The molecule has 0 spiro atoms. The predicted molar refractivity (Wildman–Crippen MR) is 127 cm³/mol. The van der Waals surface area contributed by atoms with E-state index in [1.807, 2.05) is 43.5 Å². The molecule has 30 heavy (non-hydrogen) atoms. The van der Waals surface area contributed by atoms with Gasteiger partial charge in [0.1, 0.15) is 4.83 Å². The van der Waals surface area contributed by atoms with E-state index < -0.39 is 0 Å². The van der Waals surface area contributed by atoms with Gasteiger partial charge in [-0.25, -0.2) is 4.98 Å². The molecule has 2 aromatic heterocycles. The van der Waals surface area contributed by atoms with Crippen LogP contribution in [-0.4, -0.2) is 27.3 Å². The molecule has 1 atom stereocenters. The number of allylic oxidation sites excluding steroid dienone is 1. The molecular weight excluding hydrogens is 414 g/mol. The Labute approximate surface area is 185 Å². The van der Waals surface area contributed by atoms with Gasteiger partial charge in [0.2, 0.25) is 5.91 Å². The fourth-order valence-electron chi connectivity index (χ4n) is 3.30. The fraction of sp³-hybridized carbons (Fsp3) is 0.348. The Hall–Kier alpha value is -2.38. The van der Waals surface area contributed by atoms with Crippen LogP contribution in [-0.2, 0) is 11.3 Å². The lowest BCUT2D eigenvalue weighted by molar-refractivity contribution is -0.119. The number of thioether (sulfide) groups is 1. The number of nitrogens with zero attached hydrogens (tertiary/aromatic N) is 2. The Morgan fingerprint density at radius 2 is 2.10 bits per heavy atom. The van der Waals surface area contributed by atoms with E-state index in [2.05, 4.69) is 18.8 Å². The summed E-state index contributed by atoms with van der Waals surface area (Å²) < 4.78 is 1.60.